The van der Waals surface area contributed by atoms with Gasteiger partial charge in [-0.3, -0.25) is 4.79 Å². The van der Waals surface area contributed by atoms with Gasteiger partial charge >= 0.3 is 11.9 Å². The number of hydrogen-bond donors (Lipinski definition) is 0. The van der Waals surface area contributed by atoms with E-state index in [-0.39, 0.29) is 30.3 Å². The summed E-state index contributed by atoms with van der Waals surface area (Å²) >= 11 is 0. The molecule has 3 aliphatic rings. The van der Waals surface area contributed by atoms with Gasteiger partial charge in [-0.15, -0.1) is 0 Å². The van der Waals surface area contributed by atoms with E-state index in [1.54, 1.807) is 12.1 Å². The van der Waals surface area contributed by atoms with Gasteiger partial charge in [0.1, 0.15) is 12.4 Å². The smallest absolute Gasteiger partial charge is 0.338 e. The second kappa shape index (κ2) is 6.68. The molecule has 2 aliphatic heterocycles. The van der Waals surface area contributed by atoms with Crippen molar-refractivity contribution in [2.24, 2.45) is 17.8 Å². The maximum Gasteiger partial charge on any atom is 0.338 e. The highest BCUT2D eigenvalue weighted by Crippen LogP contribution is 2.44. The van der Waals surface area contributed by atoms with E-state index >= 15 is 0 Å². The van der Waals surface area contributed by atoms with Crippen LogP contribution in [0, 0.1) is 17.8 Å². The Kier molecular flexibility index (Phi) is 4.01. The van der Waals surface area contributed by atoms with E-state index in [2.05, 4.69) is 0 Å². The van der Waals surface area contributed by atoms with Gasteiger partial charge in [-0.25, -0.2) is 4.79 Å². The summed E-state index contributed by atoms with van der Waals surface area (Å²) in [5.41, 5.74) is 2.60. The fourth-order valence-electron chi connectivity index (χ4n) is 3.98. The number of carbonyl (C=O) groups is 2. The summed E-state index contributed by atoms with van der Waals surface area (Å²) in [4.78, 5) is 24.3. The molecule has 5 heteroatoms. The van der Waals surface area contributed by atoms with Gasteiger partial charge in [-0.05, 0) is 29.3 Å². The third-order valence-electron chi connectivity index (χ3n) is 5.44. The number of rotatable bonds is 4. The zero-order valence-electron chi connectivity index (χ0n) is 15.0. The van der Waals surface area contributed by atoms with Gasteiger partial charge in [0.25, 0.3) is 6.29 Å². The number of carbonyl (C=O) groups excluding carboxylic acids is 2. The molecule has 0 amide bonds. The van der Waals surface area contributed by atoms with E-state index in [9.17, 15) is 9.59 Å². The Morgan fingerprint density at radius 1 is 0.893 bits per heavy atom. The van der Waals surface area contributed by atoms with Crippen LogP contribution in [-0.4, -0.2) is 24.8 Å². The minimum absolute atomic E-state index is 0.0171. The molecule has 0 unspecified atom stereocenters. The van der Waals surface area contributed by atoms with E-state index in [0.29, 0.717) is 11.3 Å². The van der Waals surface area contributed by atoms with Crippen LogP contribution < -0.4 is 0 Å². The molecule has 0 N–H and O–H groups in total. The molecule has 1 saturated heterocycles. The maximum atomic E-state index is 12.4. The van der Waals surface area contributed by atoms with Gasteiger partial charge in [0.05, 0.1) is 17.4 Å². The van der Waals surface area contributed by atoms with Crippen LogP contribution in [0.3, 0.4) is 0 Å². The Balaban J connectivity index is 1.24. The number of esters is 2. The lowest BCUT2D eigenvalue weighted by atomic mass is 9.83. The van der Waals surface area contributed by atoms with Gasteiger partial charge < -0.3 is 14.2 Å². The topological polar surface area (TPSA) is 61.8 Å². The van der Waals surface area contributed by atoms with Crippen molar-refractivity contribution in [1.82, 2.24) is 0 Å². The van der Waals surface area contributed by atoms with Gasteiger partial charge in [0.15, 0.2) is 0 Å². The Bertz CT molecular complexity index is 974. The quantitative estimate of drug-likeness (QED) is 0.603. The summed E-state index contributed by atoms with van der Waals surface area (Å²) < 4.78 is 16.4. The standard InChI is InChI=1S/C23H18O5/c24-21(16-8-6-15(7-9-16)14-4-2-1-3-5-14)26-13-17-12-20-18-10-11-19(20)23(27-17)28-22(18)25/h1-12,18-20,23H,13H2/t18-,19+,20-,23+/m1/s1. The van der Waals surface area contributed by atoms with Crippen molar-refractivity contribution in [3.63, 3.8) is 0 Å². The highest BCUT2D eigenvalue weighted by Gasteiger charge is 2.50. The van der Waals surface area contributed by atoms with Crippen LogP contribution in [0.5, 0.6) is 0 Å². The minimum atomic E-state index is -0.628. The molecule has 2 heterocycles. The van der Waals surface area contributed by atoms with Crippen LogP contribution in [0.4, 0.5) is 0 Å². The summed E-state index contributed by atoms with van der Waals surface area (Å²) in [6, 6.07) is 17.3. The van der Waals surface area contributed by atoms with E-state index in [4.69, 9.17) is 14.2 Å². The molecule has 4 atom stereocenters. The first kappa shape index (κ1) is 16.8. The van der Waals surface area contributed by atoms with Crippen molar-refractivity contribution >= 4 is 11.9 Å². The van der Waals surface area contributed by atoms with Crippen LogP contribution in [0.25, 0.3) is 11.1 Å². The highest BCUT2D eigenvalue weighted by atomic mass is 16.7. The van der Waals surface area contributed by atoms with Crippen molar-refractivity contribution in [3.05, 3.63) is 84.1 Å². The molecule has 0 aromatic heterocycles. The lowest BCUT2D eigenvalue weighted by Gasteiger charge is -2.38. The first-order valence-electron chi connectivity index (χ1n) is 9.28. The van der Waals surface area contributed by atoms with Crippen LogP contribution >= 0.6 is 0 Å². The van der Waals surface area contributed by atoms with E-state index in [1.165, 1.54) is 0 Å². The van der Waals surface area contributed by atoms with Crippen molar-refractivity contribution < 1.29 is 23.8 Å². The van der Waals surface area contributed by atoms with Crippen molar-refractivity contribution in [2.75, 3.05) is 6.61 Å². The summed E-state index contributed by atoms with van der Waals surface area (Å²) in [5.74, 6) is -0.335. The summed E-state index contributed by atoms with van der Waals surface area (Å²) in [6.45, 7) is 0.0171. The van der Waals surface area contributed by atoms with Crippen LogP contribution in [0.2, 0.25) is 0 Å². The molecular formula is C23H18O5. The zero-order chi connectivity index (χ0) is 19.1. The monoisotopic (exact) mass is 374 g/mol. The SMILES string of the molecule is O=C(OCC1=C[C@H]2[C@@H]3C=C[C@H]2C(=O)O[C@@H]3O1)c1ccc(-c2ccccc2)cc1. The van der Waals surface area contributed by atoms with Gasteiger partial charge in [0, 0.05) is 5.92 Å². The largest absolute Gasteiger partial charge is 0.455 e. The normalized spacial score (nSPS) is 26.9. The molecule has 5 nitrogen and oxygen atoms in total. The lowest BCUT2D eigenvalue weighted by molar-refractivity contribution is -0.204. The third kappa shape index (κ3) is 2.89. The lowest BCUT2D eigenvalue weighted by Crippen LogP contribution is -2.44. The van der Waals surface area contributed by atoms with Gasteiger partial charge in [-0.2, -0.15) is 0 Å². The van der Waals surface area contributed by atoms with E-state index in [1.807, 2.05) is 60.7 Å². The second-order valence-electron chi connectivity index (χ2n) is 7.14. The van der Waals surface area contributed by atoms with Crippen LogP contribution in [-0.2, 0) is 19.0 Å². The fourth-order valence-corrected chi connectivity index (χ4v) is 3.98. The molecule has 1 aliphatic carbocycles. The molecule has 4 bridgehead atoms. The molecule has 140 valence electrons. The molecule has 0 saturated carbocycles. The minimum Gasteiger partial charge on any atom is -0.455 e. The molecule has 1 fully saturated rings. The number of benzene rings is 2. The molecular weight excluding hydrogens is 356 g/mol. The predicted molar refractivity (Wildman–Crippen MR) is 101 cm³/mol. The first-order valence-corrected chi connectivity index (χ1v) is 9.28. The molecule has 5 rings (SSSR count). The van der Waals surface area contributed by atoms with Crippen molar-refractivity contribution in [3.8, 4) is 11.1 Å². The first-order chi connectivity index (χ1) is 13.7. The Labute approximate surface area is 162 Å². The number of hydrogen-bond acceptors (Lipinski definition) is 5. The Morgan fingerprint density at radius 3 is 2.43 bits per heavy atom. The third-order valence-corrected chi connectivity index (χ3v) is 5.44. The van der Waals surface area contributed by atoms with Crippen LogP contribution in [0.1, 0.15) is 10.4 Å². The van der Waals surface area contributed by atoms with Gasteiger partial charge in [-0.1, -0.05) is 54.6 Å². The summed E-state index contributed by atoms with van der Waals surface area (Å²) in [5, 5.41) is 0. The predicted octanol–water partition coefficient (Wildman–Crippen LogP) is 3.73. The maximum absolute atomic E-state index is 12.4. The Morgan fingerprint density at radius 2 is 1.64 bits per heavy atom. The summed E-state index contributed by atoms with van der Waals surface area (Å²) in [6.07, 6.45) is 5.11. The molecule has 0 radical (unpaired) electrons. The van der Waals surface area contributed by atoms with E-state index in [0.717, 1.165) is 11.1 Å². The summed E-state index contributed by atoms with van der Waals surface area (Å²) in [7, 11) is 0. The fraction of sp³-hybridized carbons (Fsp3) is 0.217. The Hall–Kier alpha value is -3.34. The van der Waals surface area contributed by atoms with Crippen molar-refractivity contribution in [1.29, 1.82) is 0 Å². The molecule has 2 aromatic carbocycles. The number of ether oxygens (including phenoxy) is 3. The second-order valence-corrected chi connectivity index (χ2v) is 7.14. The van der Waals surface area contributed by atoms with Crippen molar-refractivity contribution in [2.45, 2.75) is 6.29 Å². The van der Waals surface area contributed by atoms with E-state index < -0.39 is 12.3 Å². The highest BCUT2D eigenvalue weighted by molar-refractivity contribution is 5.90. The van der Waals surface area contributed by atoms with Gasteiger partial charge in [0.2, 0.25) is 0 Å². The van der Waals surface area contributed by atoms with Crippen LogP contribution in [0.15, 0.2) is 78.6 Å². The zero-order valence-corrected chi connectivity index (χ0v) is 15.0. The average molecular weight is 374 g/mol. The molecule has 28 heavy (non-hydrogen) atoms. The number of allylic oxidation sites excluding steroid dienone is 1. The average Bonchev–Trinajstić information content (AvgIpc) is 3.09. The molecule has 2 aromatic rings. The molecule has 0 spiro atoms.